The van der Waals surface area contributed by atoms with Crippen LogP contribution in [-0.2, 0) is 17.1 Å². The first-order chi connectivity index (χ1) is 8.95. The zero-order chi connectivity index (χ0) is 14.0. The summed E-state index contributed by atoms with van der Waals surface area (Å²) in [7, 11) is 1.87. The third kappa shape index (κ3) is 3.09. The number of rotatable bonds is 4. The number of aromatic nitrogens is 1. The Morgan fingerprint density at radius 1 is 1.47 bits per heavy atom. The van der Waals surface area contributed by atoms with E-state index in [1.807, 2.05) is 31.2 Å². The van der Waals surface area contributed by atoms with Crippen molar-refractivity contribution in [2.45, 2.75) is 31.7 Å². The number of hydrogen-bond acceptors (Lipinski definition) is 4. The van der Waals surface area contributed by atoms with Crippen LogP contribution in [-0.4, -0.2) is 52.9 Å². The van der Waals surface area contributed by atoms with Crippen molar-refractivity contribution >= 4 is 28.8 Å². The lowest BCUT2D eigenvalue weighted by Crippen LogP contribution is -2.62. The Labute approximate surface area is 123 Å². The average Bonchev–Trinajstić information content (AvgIpc) is 2.83. The van der Waals surface area contributed by atoms with Crippen molar-refractivity contribution in [3.05, 3.63) is 16.1 Å². The number of alkyl halides is 1. The summed E-state index contributed by atoms with van der Waals surface area (Å²) in [5.74, 6) is 0.661. The van der Waals surface area contributed by atoms with E-state index in [1.165, 1.54) is 0 Å². The quantitative estimate of drug-likeness (QED) is 0.798. The summed E-state index contributed by atoms with van der Waals surface area (Å²) in [5.41, 5.74) is 0.523. The van der Waals surface area contributed by atoms with Gasteiger partial charge in [-0.3, -0.25) is 9.69 Å². The van der Waals surface area contributed by atoms with Crippen LogP contribution in [0.2, 0.25) is 0 Å². The molecule has 1 aromatic heterocycles. The Bertz CT molecular complexity index is 460. The SMILES string of the molecule is CN1CCN(CCc2nc(CCl)cs2)C(C)(C)C1=O. The van der Waals surface area contributed by atoms with E-state index in [1.54, 1.807) is 11.3 Å². The minimum Gasteiger partial charge on any atom is -0.343 e. The van der Waals surface area contributed by atoms with E-state index in [0.717, 1.165) is 36.8 Å². The second-order valence-corrected chi connectivity index (χ2v) is 6.60. The number of hydrogen-bond donors (Lipinski definition) is 0. The number of halogens is 1. The van der Waals surface area contributed by atoms with Crippen molar-refractivity contribution in [3.8, 4) is 0 Å². The van der Waals surface area contributed by atoms with E-state index in [2.05, 4.69) is 9.88 Å². The highest BCUT2D eigenvalue weighted by atomic mass is 35.5. The van der Waals surface area contributed by atoms with Crippen LogP contribution in [0.5, 0.6) is 0 Å². The minimum atomic E-state index is -0.417. The van der Waals surface area contributed by atoms with Crippen molar-refractivity contribution in [1.29, 1.82) is 0 Å². The summed E-state index contributed by atoms with van der Waals surface area (Å²) in [4.78, 5) is 20.7. The van der Waals surface area contributed by atoms with Crippen LogP contribution < -0.4 is 0 Å². The summed E-state index contributed by atoms with van der Waals surface area (Å²) in [6, 6.07) is 0. The molecular weight excluding hydrogens is 282 g/mol. The van der Waals surface area contributed by atoms with Crippen LogP contribution in [0.4, 0.5) is 0 Å². The monoisotopic (exact) mass is 301 g/mol. The van der Waals surface area contributed by atoms with Crippen LogP contribution in [0.1, 0.15) is 24.5 Å². The van der Waals surface area contributed by atoms with E-state index in [-0.39, 0.29) is 5.91 Å². The zero-order valence-electron chi connectivity index (χ0n) is 11.6. The molecule has 1 saturated heterocycles. The van der Waals surface area contributed by atoms with Gasteiger partial charge in [-0.05, 0) is 13.8 Å². The zero-order valence-corrected chi connectivity index (χ0v) is 13.2. The largest absolute Gasteiger partial charge is 0.343 e. The molecule has 0 unspecified atom stereocenters. The second-order valence-electron chi connectivity index (χ2n) is 5.39. The highest BCUT2D eigenvalue weighted by Gasteiger charge is 2.39. The molecule has 1 aromatic rings. The van der Waals surface area contributed by atoms with Gasteiger partial charge in [0, 0.05) is 38.5 Å². The molecule has 0 aromatic carbocycles. The molecule has 0 spiro atoms. The van der Waals surface area contributed by atoms with Crippen LogP contribution >= 0.6 is 22.9 Å². The Balaban J connectivity index is 1.97. The topological polar surface area (TPSA) is 36.4 Å². The number of amides is 1. The summed E-state index contributed by atoms with van der Waals surface area (Å²) in [6.45, 7) is 6.58. The Kier molecular flexibility index (Phi) is 4.48. The van der Waals surface area contributed by atoms with Gasteiger partial charge >= 0.3 is 0 Å². The van der Waals surface area contributed by atoms with Gasteiger partial charge in [-0.2, -0.15) is 0 Å². The fourth-order valence-corrected chi connectivity index (χ4v) is 3.42. The average molecular weight is 302 g/mol. The second kappa shape index (κ2) is 5.77. The Morgan fingerprint density at radius 2 is 2.21 bits per heavy atom. The van der Waals surface area contributed by atoms with Gasteiger partial charge < -0.3 is 4.90 Å². The fourth-order valence-electron chi connectivity index (χ4n) is 2.40. The lowest BCUT2D eigenvalue weighted by Gasteiger charge is -2.44. The minimum absolute atomic E-state index is 0.194. The molecule has 0 bridgehead atoms. The normalized spacial score (nSPS) is 20.0. The van der Waals surface area contributed by atoms with E-state index in [9.17, 15) is 4.79 Å². The van der Waals surface area contributed by atoms with Crippen LogP contribution in [0.3, 0.4) is 0 Å². The highest BCUT2D eigenvalue weighted by molar-refractivity contribution is 7.09. The molecule has 1 aliphatic heterocycles. The van der Waals surface area contributed by atoms with Gasteiger partial charge in [-0.1, -0.05) is 0 Å². The predicted molar refractivity (Wildman–Crippen MR) is 78.7 cm³/mol. The van der Waals surface area contributed by atoms with Gasteiger partial charge in [0.2, 0.25) is 5.91 Å². The van der Waals surface area contributed by atoms with Crippen molar-refractivity contribution in [2.75, 3.05) is 26.7 Å². The molecule has 1 aliphatic rings. The molecule has 6 heteroatoms. The third-order valence-electron chi connectivity index (χ3n) is 3.70. The smallest absolute Gasteiger partial charge is 0.242 e. The molecule has 0 aliphatic carbocycles. The number of thiazole rings is 1. The lowest BCUT2D eigenvalue weighted by atomic mass is 9.97. The van der Waals surface area contributed by atoms with E-state index >= 15 is 0 Å². The molecule has 0 saturated carbocycles. The fraction of sp³-hybridized carbons (Fsp3) is 0.692. The first-order valence-corrected chi connectivity index (χ1v) is 7.86. The van der Waals surface area contributed by atoms with Crippen LogP contribution in [0.15, 0.2) is 5.38 Å². The van der Waals surface area contributed by atoms with Gasteiger partial charge in [0.1, 0.15) is 0 Å². The lowest BCUT2D eigenvalue weighted by molar-refractivity contribution is -0.147. The maximum atomic E-state index is 12.2. The molecule has 19 heavy (non-hydrogen) atoms. The van der Waals surface area contributed by atoms with Gasteiger partial charge in [0.15, 0.2) is 0 Å². The molecule has 0 radical (unpaired) electrons. The highest BCUT2D eigenvalue weighted by Crippen LogP contribution is 2.22. The summed E-state index contributed by atoms with van der Waals surface area (Å²) in [5, 5.41) is 3.10. The van der Waals surface area contributed by atoms with Crippen molar-refractivity contribution in [2.24, 2.45) is 0 Å². The number of carbonyl (C=O) groups is 1. The Morgan fingerprint density at radius 3 is 2.84 bits per heavy atom. The number of carbonyl (C=O) groups excluding carboxylic acids is 1. The number of nitrogens with zero attached hydrogens (tertiary/aromatic N) is 3. The molecule has 0 atom stereocenters. The first kappa shape index (κ1) is 14.8. The maximum absolute atomic E-state index is 12.2. The molecule has 1 amide bonds. The third-order valence-corrected chi connectivity index (χ3v) is 4.93. The molecule has 0 N–H and O–H groups in total. The Hall–Kier alpha value is -0.650. The van der Waals surface area contributed by atoms with Crippen molar-refractivity contribution in [1.82, 2.24) is 14.8 Å². The predicted octanol–water partition coefficient (Wildman–Crippen LogP) is 1.98. The van der Waals surface area contributed by atoms with E-state index < -0.39 is 5.54 Å². The number of piperazine rings is 1. The molecule has 2 rings (SSSR count). The molecule has 4 nitrogen and oxygen atoms in total. The van der Waals surface area contributed by atoms with Gasteiger partial charge in [-0.15, -0.1) is 22.9 Å². The molecule has 1 fully saturated rings. The molecule has 106 valence electrons. The van der Waals surface area contributed by atoms with E-state index in [0.29, 0.717) is 5.88 Å². The maximum Gasteiger partial charge on any atom is 0.242 e. The summed E-state index contributed by atoms with van der Waals surface area (Å²) in [6.07, 6.45) is 0.877. The van der Waals surface area contributed by atoms with Gasteiger partial charge in [0.25, 0.3) is 0 Å². The van der Waals surface area contributed by atoms with Gasteiger partial charge in [-0.25, -0.2) is 4.98 Å². The summed E-state index contributed by atoms with van der Waals surface area (Å²) >= 11 is 7.40. The van der Waals surface area contributed by atoms with Crippen LogP contribution in [0, 0.1) is 0 Å². The molecule has 2 heterocycles. The first-order valence-electron chi connectivity index (χ1n) is 6.45. The van der Waals surface area contributed by atoms with Crippen molar-refractivity contribution < 1.29 is 4.79 Å². The van der Waals surface area contributed by atoms with E-state index in [4.69, 9.17) is 11.6 Å². The number of likely N-dealkylation sites (N-methyl/N-ethyl adjacent to an activating group) is 1. The van der Waals surface area contributed by atoms with Crippen LogP contribution in [0.25, 0.3) is 0 Å². The molecular formula is C13H20ClN3OS. The standard InChI is InChI=1S/C13H20ClN3OS/c1-13(2)12(18)16(3)6-7-17(13)5-4-11-15-10(8-14)9-19-11/h9H,4-8H2,1-3H3. The summed E-state index contributed by atoms with van der Waals surface area (Å²) < 4.78 is 0. The van der Waals surface area contributed by atoms with Crippen molar-refractivity contribution in [3.63, 3.8) is 0 Å². The van der Waals surface area contributed by atoms with Gasteiger partial charge in [0.05, 0.1) is 22.1 Å².